The number of hydrogen-bond acceptors (Lipinski definition) is 3. The third kappa shape index (κ3) is 1.28. The Kier molecular flexibility index (Phi) is 1.51. The van der Waals surface area contributed by atoms with Crippen molar-refractivity contribution >= 4 is 11.9 Å². The minimum Gasteiger partial charge on any atom is -0.412 e. The molecule has 0 amide bonds. The summed E-state index contributed by atoms with van der Waals surface area (Å²) in [4.78, 5) is 14.6. The molecule has 0 aromatic rings. The molecule has 3 nitrogen and oxygen atoms in total. The van der Waals surface area contributed by atoms with Crippen molar-refractivity contribution in [2.24, 2.45) is 10.9 Å². The predicted molar refractivity (Wildman–Crippen MR) is 33.2 cm³/mol. The summed E-state index contributed by atoms with van der Waals surface area (Å²) in [6.45, 7) is 4.06. The summed E-state index contributed by atoms with van der Waals surface area (Å²) in [5.74, 6) is 0.259. The van der Waals surface area contributed by atoms with Gasteiger partial charge in [0, 0.05) is 6.92 Å². The minimum absolute atomic E-state index is 0.0614. The van der Waals surface area contributed by atoms with Gasteiger partial charge in [0.2, 0.25) is 0 Å². The molecule has 0 aromatic carbocycles. The maximum Gasteiger partial charge on any atom is 0.316 e. The summed E-state index contributed by atoms with van der Waals surface area (Å²) < 4.78 is 4.71. The van der Waals surface area contributed by atoms with Crippen LogP contribution in [0.3, 0.4) is 0 Å². The smallest absolute Gasteiger partial charge is 0.316 e. The standard InChI is InChI=1S/C6H9NO2/c1-4-3-7-5(2)9-6(4)8/h4H,3H2,1-2H3. The fourth-order valence-electron chi connectivity index (χ4n) is 0.618. The van der Waals surface area contributed by atoms with Gasteiger partial charge in [-0.2, -0.15) is 0 Å². The van der Waals surface area contributed by atoms with Gasteiger partial charge in [0.05, 0.1) is 12.5 Å². The first-order valence-corrected chi connectivity index (χ1v) is 2.93. The summed E-state index contributed by atoms with van der Waals surface area (Å²) in [6, 6.07) is 0. The second-order valence-electron chi connectivity index (χ2n) is 2.18. The molecule has 0 bridgehead atoms. The van der Waals surface area contributed by atoms with Crippen LogP contribution in [-0.4, -0.2) is 18.4 Å². The molecule has 1 heterocycles. The number of cyclic esters (lactones) is 1. The molecule has 1 atom stereocenters. The molecule has 0 spiro atoms. The zero-order valence-corrected chi connectivity index (χ0v) is 5.55. The molecule has 0 aliphatic carbocycles. The van der Waals surface area contributed by atoms with E-state index >= 15 is 0 Å². The molecule has 0 aromatic heterocycles. The predicted octanol–water partition coefficient (Wildman–Crippen LogP) is 0.598. The molecule has 1 unspecified atom stereocenters. The van der Waals surface area contributed by atoms with Gasteiger partial charge in [-0.1, -0.05) is 6.92 Å². The Balaban J connectivity index is 2.65. The molecule has 0 N–H and O–H groups in total. The SMILES string of the molecule is CC1=NCC(C)C(=O)O1. The van der Waals surface area contributed by atoms with Gasteiger partial charge in [0.1, 0.15) is 0 Å². The van der Waals surface area contributed by atoms with Crippen molar-refractivity contribution in [1.29, 1.82) is 0 Å². The Labute approximate surface area is 53.7 Å². The Morgan fingerprint density at radius 2 is 2.44 bits per heavy atom. The number of nitrogens with zero attached hydrogens (tertiary/aromatic N) is 1. The summed E-state index contributed by atoms with van der Waals surface area (Å²) >= 11 is 0. The largest absolute Gasteiger partial charge is 0.412 e. The van der Waals surface area contributed by atoms with Crippen molar-refractivity contribution in [2.45, 2.75) is 13.8 Å². The highest BCUT2D eigenvalue weighted by Crippen LogP contribution is 2.05. The van der Waals surface area contributed by atoms with E-state index in [9.17, 15) is 4.79 Å². The van der Waals surface area contributed by atoms with E-state index in [0.29, 0.717) is 12.4 Å². The van der Waals surface area contributed by atoms with Crippen molar-refractivity contribution in [1.82, 2.24) is 0 Å². The summed E-state index contributed by atoms with van der Waals surface area (Å²) in [5, 5.41) is 0. The normalized spacial score (nSPS) is 27.1. The molecule has 0 saturated heterocycles. The Hall–Kier alpha value is -0.860. The number of esters is 1. The lowest BCUT2D eigenvalue weighted by atomic mass is 10.2. The zero-order chi connectivity index (χ0) is 6.85. The monoisotopic (exact) mass is 127 g/mol. The molecule has 9 heavy (non-hydrogen) atoms. The summed E-state index contributed by atoms with van der Waals surface area (Å²) in [5.41, 5.74) is 0. The van der Waals surface area contributed by atoms with Crippen LogP contribution in [0.25, 0.3) is 0 Å². The van der Waals surface area contributed by atoms with Gasteiger partial charge < -0.3 is 4.74 Å². The van der Waals surface area contributed by atoms with Crippen LogP contribution in [0.5, 0.6) is 0 Å². The molecule has 1 aliphatic heterocycles. The van der Waals surface area contributed by atoms with Crippen molar-refractivity contribution in [3.63, 3.8) is 0 Å². The van der Waals surface area contributed by atoms with Crippen molar-refractivity contribution in [3.05, 3.63) is 0 Å². The van der Waals surface area contributed by atoms with Gasteiger partial charge in [0.25, 0.3) is 0 Å². The van der Waals surface area contributed by atoms with E-state index in [4.69, 9.17) is 4.74 Å². The Morgan fingerprint density at radius 1 is 1.78 bits per heavy atom. The van der Waals surface area contributed by atoms with Gasteiger partial charge in [-0.15, -0.1) is 0 Å². The maximum absolute atomic E-state index is 10.7. The summed E-state index contributed by atoms with van der Waals surface area (Å²) in [7, 11) is 0. The molecular weight excluding hydrogens is 118 g/mol. The van der Waals surface area contributed by atoms with Crippen molar-refractivity contribution < 1.29 is 9.53 Å². The van der Waals surface area contributed by atoms with Gasteiger partial charge in [-0.25, -0.2) is 0 Å². The van der Waals surface area contributed by atoms with Crippen LogP contribution < -0.4 is 0 Å². The van der Waals surface area contributed by atoms with E-state index in [0.717, 1.165) is 0 Å². The fourth-order valence-corrected chi connectivity index (χ4v) is 0.618. The molecule has 50 valence electrons. The number of rotatable bonds is 0. The van der Waals surface area contributed by atoms with Gasteiger partial charge in [-0.05, 0) is 0 Å². The van der Waals surface area contributed by atoms with Crippen LogP contribution in [-0.2, 0) is 9.53 Å². The number of aliphatic imine (C=N–C) groups is 1. The van der Waals surface area contributed by atoms with Crippen LogP contribution in [0.2, 0.25) is 0 Å². The maximum atomic E-state index is 10.7. The Morgan fingerprint density at radius 3 is 2.89 bits per heavy atom. The average molecular weight is 127 g/mol. The van der Waals surface area contributed by atoms with Gasteiger partial charge >= 0.3 is 5.97 Å². The van der Waals surface area contributed by atoms with E-state index in [1.54, 1.807) is 13.8 Å². The molecule has 0 saturated carbocycles. The molecule has 1 rings (SSSR count). The topological polar surface area (TPSA) is 38.7 Å². The highest BCUT2D eigenvalue weighted by Gasteiger charge is 2.19. The second-order valence-corrected chi connectivity index (χ2v) is 2.18. The Bertz CT molecular complexity index is 162. The van der Waals surface area contributed by atoms with E-state index < -0.39 is 0 Å². The third-order valence-electron chi connectivity index (χ3n) is 1.24. The quantitative estimate of drug-likeness (QED) is 0.447. The zero-order valence-electron chi connectivity index (χ0n) is 5.55. The second kappa shape index (κ2) is 2.17. The molecule has 1 aliphatic rings. The molecule has 0 fully saturated rings. The van der Waals surface area contributed by atoms with Crippen LogP contribution in [0, 0.1) is 5.92 Å². The highest BCUT2D eigenvalue weighted by atomic mass is 16.5. The summed E-state index contributed by atoms with van der Waals surface area (Å²) in [6.07, 6.45) is 0. The molecule has 0 radical (unpaired) electrons. The first kappa shape index (κ1) is 6.26. The van der Waals surface area contributed by atoms with Crippen molar-refractivity contribution in [2.75, 3.05) is 6.54 Å². The highest BCUT2D eigenvalue weighted by molar-refractivity contribution is 5.90. The number of hydrogen-bond donors (Lipinski definition) is 0. The van der Waals surface area contributed by atoms with Crippen LogP contribution in [0.15, 0.2) is 4.99 Å². The third-order valence-corrected chi connectivity index (χ3v) is 1.24. The van der Waals surface area contributed by atoms with E-state index in [1.165, 1.54) is 0 Å². The minimum atomic E-state index is -0.164. The first-order valence-electron chi connectivity index (χ1n) is 2.93. The van der Waals surface area contributed by atoms with Crippen LogP contribution in [0.1, 0.15) is 13.8 Å². The fraction of sp³-hybridized carbons (Fsp3) is 0.667. The van der Waals surface area contributed by atoms with E-state index in [-0.39, 0.29) is 11.9 Å². The lowest BCUT2D eigenvalue weighted by Crippen LogP contribution is -2.25. The number of ether oxygens (including phenoxy) is 1. The lowest BCUT2D eigenvalue weighted by Gasteiger charge is -2.13. The lowest BCUT2D eigenvalue weighted by molar-refractivity contribution is -0.140. The van der Waals surface area contributed by atoms with Crippen molar-refractivity contribution in [3.8, 4) is 0 Å². The first-order chi connectivity index (χ1) is 4.20. The van der Waals surface area contributed by atoms with Gasteiger partial charge in [-0.3, -0.25) is 9.79 Å². The average Bonchev–Trinajstić information content (AvgIpc) is 1.80. The molecule has 3 heteroatoms. The van der Waals surface area contributed by atoms with E-state index in [1.807, 2.05) is 0 Å². The number of carbonyl (C=O) groups is 1. The number of carbonyl (C=O) groups excluding carboxylic acids is 1. The van der Waals surface area contributed by atoms with Gasteiger partial charge in [0.15, 0.2) is 5.90 Å². The van der Waals surface area contributed by atoms with Crippen LogP contribution in [0.4, 0.5) is 0 Å². The molecular formula is C6H9NO2. The van der Waals surface area contributed by atoms with Crippen LogP contribution >= 0.6 is 0 Å². The van der Waals surface area contributed by atoms with E-state index in [2.05, 4.69) is 4.99 Å².